The highest BCUT2D eigenvalue weighted by Gasteiger charge is 2.54. The van der Waals surface area contributed by atoms with Gasteiger partial charge in [-0.15, -0.1) is 0 Å². The first-order chi connectivity index (χ1) is 14.4. The predicted molar refractivity (Wildman–Crippen MR) is 125 cm³/mol. The van der Waals surface area contributed by atoms with E-state index in [0.29, 0.717) is 18.0 Å². The zero-order valence-electron chi connectivity index (χ0n) is 20.9. The van der Waals surface area contributed by atoms with E-state index in [2.05, 4.69) is 6.58 Å². The van der Waals surface area contributed by atoms with Gasteiger partial charge in [0, 0.05) is 18.1 Å². The molecule has 32 heavy (non-hydrogen) atoms. The van der Waals surface area contributed by atoms with Crippen LogP contribution < -0.4 is 0 Å². The number of nitrogens with zero attached hydrogens (tertiary/aromatic N) is 1. The van der Waals surface area contributed by atoms with Gasteiger partial charge in [0.25, 0.3) is 0 Å². The molecule has 0 N–H and O–H groups in total. The van der Waals surface area contributed by atoms with Gasteiger partial charge in [-0.05, 0) is 62.3 Å². The van der Waals surface area contributed by atoms with Crippen LogP contribution in [0.4, 0.5) is 0 Å². The molecule has 2 rings (SSSR count). The Labute approximate surface area is 196 Å². The maximum atomic E-state index is 12.9. The first-order valence-electron chi connectivity index (χ1n) is 11.1. The smallest absolute Gasteiger partial charge is 0.312 e. The van der Waals surface area contributed by atoms with E-state index in [1.54, 1.807) is 74.1 Å². The van der Waals surface area contributed by atoms with E-state index >= 15 is 0 Å². The fourth-order valence-corrected chi connectivity index (χ4v) is 4.40. The van der Waals surface area contributed by atoms with Crippen LogP contribution in [0.3, 0.4) is 0 Å². The summed E-state index contributed by atoms with van der Waals surface area (Å²) in [6, 6.07) is -0.227. The van der Waals surface area contributed by atoms with Gasteiger partial charge in [-0.1, -0.05) is 6.58 Å². The van der Waals surface area contributed by atoms with E-state index in [1.807, 2.05) is 4.90 Å². The Bertz CT molecular complexity index is 758. The number of carbonyl (C=O) groups excluding carboxylic acids is 3. The lowest BCUT2D eigenvalue weighted by atomic mass is 9.89. The average molecular weight is 470 g/mol. The summed E-state index contributed by atoms with van der Waals surface area (Å²) in [5.74, 6) is 0.266. The molecule has 182 valence electrons. The van der Waals surface area contributed by atoms with Crippen LogP contribution in [0.25, 0.3) is 0 Å². The van der Waals surface area contributed by atoms with E-state index < -0.39 is 52.5 Å². The van der Waals surface area contributed by atoms with Crippen molar-refractivity contribution in [3.63, 3.8) is 0 Å². The van der Waals surface area contributed by atoms with Crippen LogP contribution in [0.5, 0.6) is 0 Å². The normalized spacial score (nSPS) is 26.8. The molecule has 4 atom stereocenters. The molecule has 2 saturated heterocycles. The van der Waals surface area contributed by atoms with E-state index in [1.165, 1.54) is 0 Å². The molecule has 0 aromatic heterocycles. The lowest BCUT2D eigenvalue weighted by Crippen LogP contribution is -2.65. The Kier molecular flexibility index (Phi) is 7.70. The van der Waals surface area contributed by atoms with Gasteiger partial charge in [-0.3, -0.25) is 14.4 Å². The quantitative estimate of drug-likeness (QED) is 0.456. The number of ether oxygens (including phenoxy) is 3. The highest BCUT2D eigenvalue weighted by molar-refractivity contribution is 7.99. The Morgan fingerprint density at radius 3 is 1.72 bits per heavy atom. The summed E-state index contributed by atoms with van der Waals surface area (Å²) in [4.78, 5) is 40.7. The SMILES string of the molecule is C=C1[C@H](OC(=O)C(C)(C)C)[C@@H](OC(=O)C(C)(C)C)[C@@H](OC(=O)C(C)(C)C)[C@@H]2CSCCN12. The molecule has 0 aromatic rings. The van der Waals surface area contributed by atoms with Crippen molar-refractivity contribution in [2.75, 3.05) is 18.1 Å². The number of thioether (sulfide) groups is 1. The van der Waals surface area contributed by atoms with E-state index in [4.69, 9.17) is 14.2 Å². The molecule has 2 aliphatic heterocycles. The van der Waals surface area contributed by atoms with Gasteiger partial charge in [-0.25, -0.2) is 0 Å². The summed E-state index contributed by atoms with van der Waals surface area (Å²) >= 11 is 1.74. The molecule has 0 amide bonds. The molecule has 0 unspecified atom stereocenters. The fourth-order valence-electron chi connectivity index (χ4n) is 3.30. The van der Waals surface area contributed by atoms with E-state index in [9.17, 15) is 14.4 Å². The number of hydrogen-bond donors (Lipinski definition) is 0. The summed E-state index contributed by atoms with van der Waals surface area (Å²) in [6.07, 6.45) is -2.71. The third-order valence-electron chi connectivity index (χ3n) is 5.42. The van der Waals surface area contributed by atoms with Crippen LogP contribution in [0.1, 0.15) is 62.3 Å². The molecule has 2 fully saturated rings. The van der Waals surface area contributed by atoms with Gasteiger partial charge < -0.3 is 19.1 Å². The molecular formula is C24H39NO6S. The monoisotopic (exact) mass is 469 g/mol. The number of carbonyl (C=O) groups is 3. The third kappa shape index (κ3) is 6.00. The van der Waals surface area contributed by atoms with Gasteiger partial charge >= 0.3 is 17.9 Å². The highest BCUT2D eigenvalue weighted by Crippen LogP contribution is 2.38. The third-order valence-corrected chi connectivity index (χ3v) is 6.47. The first kappa shape index (κ1) is 26.6. The minimum absolute atomic E-state index is 0.227. The van der Waals surface area contributed by atoms with Gasteiger partial charge in [-0.2, -0.15) is 11.8 Å². The van der Waals surface area contributed by atoms with Crippen molar-refractivity contribution in [1.82, 2.24) is 4.90 Å². The average Bonchev–Trinajstić information content (AvgIpc) is 2.64. The van der Waals surface area contributed by atoms with Gasteiger partial charge in [0.2, 0.25) is 0 Å². The number of hydrogen-bond acceptors (Lipinski definition) is 8. The molecule has 8 heteroatoms. The molecule has 0 aliphatic carbocycles. The summed E-state index contributed by atoms with van der Waals surface area (Å²) in [6.45, 7) is 20.7. The van der Waals surface area contributed by atoms with Crippen LogP contribution in [0, 0.1) is 16.2 Å². The summed E-state index contributed by atoms with van der Waals surface area (Å²) in [7, 11) is 0. The van der Waals surface area contributed by atoms with Gasteiger partial charge in [0.1, 0.15) is 0 Å². The fraction of sp³-hybridized carbons (Fsp3) is 0.792. The molecule has 0 aromatic carbocycles. The second-order valence-corrected chi connectivity index (χ2v) is 12.8. The van der Waals surface area contributed by atoms with Gasteiger partial charge in [0.05, 0.1) is 28.0 Å². The Morgan fingerprint density at radius 2 is 1.25 bits per heavy atom. The lowest BCUT2D eigenvalue weighted by Gasteiger charge is -2.51. The topological polar surface area (TPSA) is 82.1 Å². The molecule has 2 heterocycles. The lowest BCUT2D eigenvalue weighted by molar-refractivity contribution is -0.206. The second kappa shape index (κ2) is 9.27. The van der Waals surface area contributed by atoms with E-state index in [0.717, 1.165) is 5.75 Å². The van der Waals surface area contributed by atoms with Crippen LogP contribution in [-0.2, 0) is 28.6 Å². The van der Waals surface area contributed by atoms with Gasteiger partial charge in [0.15, 0.2) is 18.3 Å². The molecule has 2 aliphatic rings. The van der Waals surface area contributed by atoms with Crippen molar-refractivity contribution in [1.29, 1.82) is 0 Å². The maximum Gasteiger partial charge on any atom is 0.312 e. The Balaban J connectivity index is 2.52. The van der Waals surface area contributed by atoms with Crippen molar-refractivity contribution < 1.29 is 28.6 Å². The Hall–Kier alpha value is -1.70. The summed E-state index contributed by atoms with van der Waals surface area (Å²) in [5.41, 5.74) is -1.71. The maximum absolute atomic E-state index is 12.9. The van der Waals surface area contributed by atoms with Crippen molar-refractivity contribution in [3.8, 4) is 0 Å². The first-order valence-corrected chi connectivity index (χ1v) is 12.3. The van der Waals surface area contributed by atoms with E-state index in [-0.39, 0.29) is 6.04 Å². The predicted octanol–water partition coefficient (Wildman–Crippen LogP) is 3.80. The van der Waals surface area contributed by atoms with Crippen LogP contribution in [0.15, 0.2) is 12.3 Å². The molecule has 0 spiro atoms. The number of fused-ring (bicyclic) bond motifs is 1. The number of rotatable bonds is 3. The van der Waals surface area contributed by atoms with Crippen molar-refractivity contribution >= 4 is 29.7 Å². The second-order valence-electron chi connectivity index (χ2n) is 11.6. The minimum atomic E-state index is -0.980. The van der Waals surface area contributed by atoms with Crippen molar-refractivity contribution in [2.45, 2.75) is 86.7 Å². The molecule has 0 saturated carbocycles. The standard InChI is InChI=1S/C24H39NO6S/c1-14-16(29-19(26)22(2,3)4)18(31-21(28)24(8,9)10)17(30-20(27)23(5,6)7)15-13-32-12-11-25(14)15/h15-18H,1,11-13H2,2-10H3/t15-,16-,17-,18+/m0/s1. The Morgan fingerprint density at radius 1 is 0.812 bits per heavy atom. The molecule has 0 radical (unpaired) electrons. The molecular weight excluding hydrogens is 430 g/mol. The molecule has 0 bridgehead atoms. The highest BCUT2D eigenvalue weighted by atomic mass is 32.2. The zero-order chi connectivity index (χ0) is 24.6. The van der Waals surface area contributed by atoms with Crippen LogP contribution in [-0.4, -0.2) is 65.2 Å². The summed E-state index contributed by atoms with van der Waals surface area (Å²) in [5, 5.41) is 0. The summed E-state index contributed by atoms with van der Waals surface area (Å²) < 4.78 is 17.8. The van der Waals surface area contributed by atoms with Crippen molar-refractivity contribution in [2.24, 2.45) is 16.2 Å². The minimum Gasteiger partial charge on any atom is -0.456 e. The number of esters is 3. The van der Waals surface area contributed by atoms with Crippen LogP contribution in [0.2, 0.25) is 0 Å². The van der Waals surface area contributed by atoms with Crippen LogP contribution >= 0.6 is 11.8 Å². The molecule has 7 nitrogen and oxygen atoms in total. The zero-order valence-corrected chi connectivity index (χ0v) is 21.8. The van der Waals surface area contributed by atoms with Crippen molar-refractivity contribution in [3.05, 3.63) is 12.3 Å². The largest absolute Gasteiger partial charge is 0.456 e. The number of piperidine rings is 1.